The lowest BCUT2D eigenvalue weighted by Gasteiger charge is -2.32. The van der Waals surface area contributed by atoms with Gasteiger partial charge in [-0.1, -0.05) is 18.2 Å². The van der Waals surface area contributed by atoms with E-state index < -0.39 is 0 Å². The Morgan fingerprint density at radius 1 is 1.14 bits per heavy atom. The van der Waals surface area contributed by atoms with Gasteiger partial charge in [-0.3, -0.25) is 0 Å². The van der Waals surface area contributed by atoms with Crippen molar-refractivity contribution in [2.24, 2.45) is 0 Å². The molecule has 21 heavy (non-hydrogen) atoms. The number of rotatable bonds is 4. The molecule has 0 atom stereocenters. The summed E-state index contributed by atoms with van der Waals surface area (Å²) in [7, 11) is 1.53. The number of phenolic OH excluding ortho intramolecular Hbond substituents is 1. The zero-order valence-electron chi connectivity index (χ0n) is 13.4. The smallest absolute Gasteiger partial charge is 0.491 e. The Kier molecular flexibility index (Phi) is 4.47. The number of hydrogen-bond donors (Lipinski definition) is 2. The van der Waals surface area contributed by atoms with E-state index in [-0.39, 0.29) is 24.1 Å². The molecule has 1 aromatic rings. The highest BCUT2D eigenvalue weighted by Crippen LogP contribution is 2.38. The summed E-state index contributed by atoms with van der Waals surface area (Å²) in [6, 6.07) is 7.09. The van der Waals surface area contributed by atoms with Crippen LogP contribution in [0.4, 0.5) is 0 Å². The summed E-state index contributed by atoms with van der Waals surface area (Å²) in [6.07, 6.45) is 2.04. The second-order valence-corrected chi connectivity index (χ2v) is 6.43. The lowest BCUT2D eigenvalue weighted by Crippen LogP contribution is -2.41. The molecule has 1 aliphatic rings. The number of likely N-dealkylation sites (N-methyl/N-ethyl adjacent to an activating group) is 1. The number of aromatic hydroxyl groups is 1. The minimum absolute atomic E-state index is 0.262. The van der Waals surface area contributed by atoms with E-state index in [1.807, 2.05) is 53.0 Å². The van der Waals surface area contributed by atoms with Crippen LogP contribution in [0.25, 0.3) is 6.08 Å². The SMILES string of the molecule is CNCC(=Cc1ccc(O)cc1)B1OC(C)(C)C(C)(C)O1. The third-order valence-corrected chi connectivity index (χ3v) is 4.18. The van der Waals surface area contributed by atoms with Crippen LogP contribution in [0.1, 0.15) is 33.3 Å². The normalized spacial score (nSPS) is 20.8. The number of phenols is 1. The molecule has 1 heterocycles. The molecule has 5 heteroatoms. The van der Waals surface area contributed by atoms with Crippen LogP contribution in [0.15, 0.2) is 29.7 Å². The van der Waals surface area contributed by atoms with Crippen molar-refractivity contribution in [2.45, 2.75) is 38.9 Å². The first kappa shape index (κ1) is 16.1. The van der Waals surface area contributed by atoms with Gasteiger partial charge in [0.05, 0.1) is 11.2 Å². The molecule has 1 fully saturated rings. The Labute approximate surface area is 127 Å². The summed E-state index contributed by atoms with van der Waals surface area (Å²) in [5.41, 5.74) is 1.34. The van der Waals surface area contributed by atoms with Gasteiger partial charge >= 0.3 is 7.12 Å². The Hall–Kier alpha value is -1.30. The Balaban J connectivity index is 2.26. The maximum Gasteiger partial charge on any atom is 0.491 e. The lowest BCUT2D eigenvalue weighted by atomic mass is 9.77. The van der Waals surface area contributed by atoms with Gasteiger partial charge in [0.15, 0.2) is 0 Å². The van der Waals surface area contributed by atoms with E-state index in [1.165, 1.54) is 0 Å². The summed E-state index contributed by atoms with van der Waals surface area (Å²) in [5, 5.41) is 12.5. The van der Waals surface area contributed by atoms with Gasteiger partial charge < -0.3 is 19.7 Å². The van der Waals surface area contributed by atoms with Gasteiger partial charge in [0.1, 0.15) is 5.75 Å². The Bertz CT molecular complexity index is 507. The summed E-state index contributed by atoms with van der Waals surface area (Å²) in [4.78, 5) is 0. The zero-order valence-corrected chi connectivity index (χ0v) is 13.4. The van der Waals surface area contributed by atoms with E-state index in [4.69, 9.17) is 9.31 Å². The minimum atomic E-state index is -0.365. The molecule has 1 aliphatic heterocycles. The van der Waals surface area contributed by atoms with E-state index >= 15 is 0 Å². The van der Waals surface area contributed by atoms with Gasteiger partial charge in [0.2, 0.25) is 0 Å². The quantitative estimate of drug-likeness (QED) is 0.837. The molecule has 0 aliphatic carbocycles. The zero-order chi connectivity index (χ0) is 15.7. The van der Waals surface area contributed by atoms with E-state index in [1.54, 1.807) is 12.1 Å². The molecule has 4 nitrogen and oxygen atoms in total. The van der Waals surface area contributed by atoms with Gasteiger partial charge in [0, 0.05) is 6.54 Å². The standard InChI is InChI=1S/C16H24BNO3/c1-15(2)16(3,4)21-17(20-15)13(11-18-5)10-12-6-8-14(19)9-7-12/h6-10,18-19H,11H2,1-5H3. The topological polar surface area (TPSA) is 50.7 Å². The monoisotopic (exact) mass is 289 g/mol. The van der Waals surface area contributed by atoms with E-state index in [2.05, 4.69) is 5.32 Å². The molecule has 1 aromatic carbocycles. The van der Waals surface area contributed by atoms with Crippen LogP contribution in [-0.2, 0) is 9.31 Å². The minimum Gasteiger partial charge on any atom is -0.508 e. The third-order valence-electron chi connectivity index (χ3n) is 4.18. The van der Waals surface area contributed by atoms with E-state index in [0.29, 0.717) is 6.54 Å². The van der Waals surface area contributed by atoms with Crippen molar-refractivity contribution < 1.29 is 14.4 Å². The first-order chi connectivity index (χ1) is 9.75. The summed E-state index contributed by atoms with van der Waals surface area (Å²) < 4.78 is 12.2. The second kappa shape index (κ2) is 5.83. The van der Waals surface area contributed by atoms with Crippen molar-refractivity contribution in [2.75, 3.05) is 13.6 Å². The van der Waals surface area contributed by atoms with Crippen LogP contribution < -0.4 is 5.32 Å². The van der Waals surface area contributed by atoms with Gasteiger partial charge in [0.25, 0.3) is 0 Å². The van der Waals surface area contributed by atoms with Gasteiger partial charge in [-0.2, -0.15) is 0 Å². The molecule has 0 saturated carbocycles. The number of hydrogen-bond acceptors (Lipinski definition) is 4. The van der Waals surface area contributed by atoms with Crippen molar-refractivity contribution in [3.05, 3.63) is 35.3 Å². The van der Waals surface area contributed by atoms with Crippen LogP contribution >= 0.6 is 0 Å². The van der Waals surface area contributed by atoms with Crippen molar-refractivity contribution in [3.63, 3.8) is 0 Å². The van der Waals surface area contributed by atoms with Crippen molar-refractivity contribution in [1.82, 2.24) is 5.32 Å². The predicted molar refractivity (Wildman–Crippen MR) is 86.1 cm³/mol. The molecule has 114 valence electrons. The molecule has 2 rings (SSSR count). The molecule has 1 saturated heterocycles. The van der Waals surface area contributed by atoms with Crippen molar-refractivity contribution in [3.8, 4) is 5.75 Å². The summed E-state index contributed by atoms with van der Waals surface area (Å²) in [5.74, 6) is 0.262. The molecule has 0 bridgehead atoms. The average molecular weight is 289 g/mol. The lowest BCUT2D eigenvalue weighted by molar-refractivity contribution is 0.00578. The molecule has 0 amide bonds. The van der Waals surface area contributed by atoms with Gasteiger partial charge in [-0.15, -0.1) is 0 Å². The van der Waals surface area contributed by atoms with E-state index in [0.717, 1.165) is 11.0 Å². The fourth-order valence-corrected chi connectivity index (χ4v) is 2.19. The molecule has 0 spiro atoms. The second-order valence-electron chi connectivity index (χ2n) is 6.43. The molecule has 2 N–H and O–H groups in total. The summed E-state index contributed by atoms with van der Waals surface area (Å²) in [6.45, 7) is 8.86. The average Bonchev–Trinajstić information content (AvgIpc) is 2.60. The van der Waals surface area contributed by atoms with Gasteiger partial charge in [-0.05, 0) is 57.9 Å². The first-order valence-corrected chi connectivity index (χ1v) is 7.25. The van der Waals surface area contributed by atoms with Crippen LogP contribution in [0.3, 0.4) is 0 Å². The van der Waals surface area contributed by atoms with Crippen molar-refractivity contribution >= 4 is 13.2 Å². The number of nitrogens with one attached hydrogen (secondary N) is 1. The predicted octanol–water partition coefficient (Wildman–Crippen LogP) is 2.63. The highest BCUT2D eigenvalue weighted by Gasteiger charge is 2.52. The third kappa shape index (κ3) is 3.48. The Morgan fingerprint density at radius 3 is 2.14 bits per heavy atom. The number of benzene rings is 1. The van der Waals surface area contributed by atoms with Gasteiger partial charge in [-0.25, -0.2) is 0 Å². The maximum atomic E-state index is 9.36. The first-order valence-electron chi connectivity index (χ1n) is 7.25. The highest BCUT2D eigenvalue weighted by atomic mass is 16.7. The fraction of sp³-hybridized carbons (Fsp3) is 0.500. The fourth-order valence-electron chi connectivity index (χ4n) is 2.19. The van der Waals surface area contributed by atoms with Crippen LogP contribution in [0, 0.1) is 0 Å². The Morgan fingerprint density at radius 2 is 1.67 bits per heavy atom. The molecule has 0 unspecified atom stereocenters. The largest absolute Gasteiger partial charge is 0.508 e. The maximum absolute atomic E-state index is 9.36. The molecular weight excluding hydrogens is 265 g/mol. The van der Waals surface area contributed by atoms with Crippen LogP contribution in [0.2, 0.25) is 0 Å². The van der Waals surface area contributed by atoms with E-state index in [9.17, 15) is 5.11 Å². The van der Waals surface area contributed by atoms with Crippen molar-refractivity contribution in [1.29, 1.82) is 0 Å². The summed E-state index contributed by atoms with van der Waals surface area (Å²) >= 11 is 0. The van der Waals surface area contributed by atoms with Crippen LogP contribution in [-0.4, -0.2) is 37.0 Å². The van der Waals surface area contributed by atoms with Crippen LogP contribution in [0.5, 0.6) is 5.75 Å². The molecule has 0 radical (unpaired) electrons. The molecular formula is C16H24BNO3. The highest BCUT2D eigenvalue weighted by molar-refractivity contribution is 6.55. The molecule has 0 aromatic heterocycles.